The average molecular weight is 333 g/mol. The first-order valence-corrected chi connectivity index (χ1v) is 10.1. The molecule has 0 N–H and O–H groups in total. The first-order chi connectivity index (χ1) is 7.45. The zero-order valence-electron chi connectivity index (χ0n) is 11.2. The Morgan fingerprint density at radius 1 is 1.31 bits per heavy atom. The van der Waals surface area contributed by atoms with Gasteiger partial charge in [-0.1, -0.05) is 0 Å². The second-order valence-electron chi connectivity index (χ2n) is 3.66. The Kier molecular flexibility index (Phi) is 7.47. The third-order valence-corrected chi connectivity index (χ3v) is 7.50. The van der Waals surface area contributed by atoms with Crippen LogP contribution in [-0.2, 0) is 0 Å². The van der Waals surface area contributed by atoms with Crippen molar-refractivity contribution in [3.63, 3.8) is 0 Å². The van der Waals surface area contributed by atoms with E-state index in [0.717, 1.165) is 11.4 Å². The molecule has 0 rings (SSSR count). The van der Waals surface area contributed by atoms with Gasteiger partial charge in [0.1, 0.15) is 0 Å². The molecule has 0 aliphatic carbocycles. The van der Waals surface area contributed by atoms with Crippen molar-refractivity contribution in [2.75, 3.05) is 9.36 Å². The summed E-state index contributed by atoms with van der Waals surface area (Å²) in [6, 6.07) is 0. The van der Waals surface area contributed by atoms with Gasteiger partial charge in [-0.3, -0.25) is 0 Å². The van der Waals surface area contributed by atoms with Gasteiger partial charge in [0, 0.05) is 0 Å². The second-order valence-corrected chi connectivity index (χ2v) is 9.32. The van der Waals surface area contributed by atoms with Gasteiger partial charge in [0.2, 0.25) is 0 Å². The maximum atomic E-state index is 4.20. The van der Waals surface area contributed by atoms with E-state index in [4.69, 9.17) is 0 Å². The molecule has 2 heteroatoms. The van der Waals surface area contributed by atoms with Crippen LogP contribution in [0.4, 0.5) is 0 Å². The van der Waals surface area contributed by atoms with E-state index in [2.05, 4.69) is 54.1 Å². The Hall–Kier alpha value is -0.510. The summed E-state index contributed by atoms with van der Waals surface area (Å²) in [5.41, 5.74) is 3.45. The van der Waals surface area contributed by atoms with Crippen LogP contribution in [0.1, 0.15) is 27.7 Å². The first-order valence-electron chi connectivity index (χ1n) is 5.46. The molecule has 0 aliphatic rings. The van der Waals surface area contributed by atoms with E-state index in [-0.39, 0.29) is 0 Å². The molecule has 92 valence electrons. The van der Waals surface area contributed by atoms with E-state index in [0.29, 0.717) is 0 Å². The molecule has 1 nitrogen and oxygen atoms in total. The van der Waals surface area contributed by atoms with E-state index < -0.39 is 20.1 Å². The number of allylic oxidation sites excluding steroid dienone is 5. The summed E-state index contributed by atoms with van der Waals surface area (Å²) >= 11 is -1.11. The number of rotatable bonds is 6. The molecule has 0 heterocycles. The molecule has 0 aliphatic heterocycles. The Morgan fingerprint density at radius 2 is 1.88 bits per heavy atom. The summed E-state index contributed by atoms with van der Waals surface area (Å²) in [6.07, 6.45) is 6.19. The van der Waals surface area contributed by atoms with E-state index in [1.807, 2.05) is 13.0 Å². The minimum absolute atomic E-state index is 1.11. The van der Waals surface area contributed by atoms with E-state index in [1.165, 1.54) is 10.0 Å². The predicted molar refractivity (Wildman–Crippen MR) is 84.8 cm³/mol. The number of hydrogen-bond acceptors (Lipinski definition) is 1. The molecule has 0 radical (unpaired) electrons. The molecule has 0 saturated carbocycles. The van der Waals surface area contributed by atoms with Crippen LogP contribution in [0, 0.1) is 0 Å². The molecule has 0 unspecified atom stereocenters. The summed E-state index contributed by atoms with van der Waals surface area (Å²) < 4.78 is 3.60. The normalized spacial score (nSPS) is 12.8. The molecule has 16 heavy (non-hydrogen) atoms. The molecule has 0 fully saturated rings. The SMILES string of the molecule is C=C(C)N(C(=C)/C(C)=C/C=C\C)I(C)CC. The molecular weight excluding hydrogens is 309 g/mol. The summed E-state index contributed by atoms with van der Waals surface area (Å²) in [7, 11) is 0. The topological polar surface area (TPSA) is 3.24 Å². The van der Waals surface area contributed by atoms with Gasteiger partial charge in [-0.25, -0.2) is 0 Å². The molecular formula is C14H24IN. The van der Waals surface area contributed by atoms with E-state index in [1.54, 1.807) is 0 Å². The molecule has 0 amide bonds. The van der Waals surface area contributed by atoms with Gasteiger partial charge in [0.05, 0.1) is 0 Å². The number of halogens is 1. The van der Waals surface area contributed by atoms with Crippen molar-refractivity contribution in [2.45, 2.75) is 27.7 Å². The van der Waals surface area contributed by atoms with Gasteiger partial charge >= 0.3 is 109 Å². The molecule has 0 atom stereocenters. The molecule has 0 aromatic heterocycles. The van der Waals surface area contributed by atoms with E-state index >= 15 is 0 Å². The maximum absolute atomic E-state index is 4.20. The van der Waals surface area contributed by atoms with Crippen molar-refractivity contribution in [1.29, 1.82) is 0 Å². The third-order valence-electron chi connectivity index (χ3n) is 2.24. The number of alkyl halides is 2. The van der Waals surface area contributed by atoms with Crippen molar-refractivity contribution >= 4 is 20.1 Å². The van der Waals surface area contributed by atoms with Crippen molar-refractivity contribution in [2.24, 2.45) is 0 Å². The Balaban J connectivity index is 4.95. The Bertz CT molecular complexity index is 313. The van der Waals surface area contributed by atoms with Gasteiger partial charge in [-0.05, 0) is 0 Å². The molecule has 0 saturated heterocycles. The minimum atomic E-state index is -1.11. The quantitative estimate of drug-likeness (QED) is 0.288. The fourth-order valence-electron chi connectivity index (χ4n) is 1.26. The monoisotopic (exact) mass is 333 g/mol. The standard InChI is InChI=1S/C14H24IN/c1-8-10-11-13(5)14(6)16(12(3)4)15(7)9-2/h8,10-11H,3,6,9H2,1-2,4-5,7H3/b10-8-,13-11+. The van der Waals surface area contributed by atoms with Gasteiger partial charge < -0.3 is 0 Å². The number of hydrogen-bond donors (Lipinski definition) is 0. The van der Waals surface area contributed by atoms with Gasteiger partial charge in [0.15, 0.2) is 0 Å². The number of nitrogens with zero attached hydrogens (tertiary/aromatic N) is 1. The summed E-state index contributed by atoms with van der Waals surface area (Å²) in [4.78, 5) is 2.35. The fraction of sp³-hybridized carbons (Fsp3) is 0.429. The summed E-state index contributed by atoms with van der Waals surface area (Å²) in [5.74, 6) is 0. The Labute approximate surface area is 108 Å². The third kappa shape index (κ3) is 4.56. The average Bonchev–Trinajstić information content (AvgIpc) is 2.24. The van der Waals surface area contributed by atoms with E-state index in [9.17, 15) is 0 Å². The molecule has 0 spiro atoms. The van der Waals surface area contributed by atoms with Crippen molar-refractivity contribution in [3.8, 4) is 0 Å². The van der Waals surface area contributed by atoms with Crippen LogP contribution < -0.4 is 0 Å². The Morgan fingerprint density at radius 3 is 2.25 bits per heavy atom. The van der Waals surface area contributed by atoms with Crippen molar-refractivity contribution in [1.82, 2.24) is 3.11 Å². The van der Waals surface area contributed by atoms with Crippen LogP contribution in [0.3, 0.4) is 0 Å². The van der Waals surface area contributed by atoms with Crippen LogP contribution in [0.5, 0.6) is 0 Å². The van der Waals surface area contributed by atoms with Crippen LogP contribution in [-0.4, -0.2) is 12.5 Å². The summed E-state index contributed by atoms with van der Waals surface area (Å²) in [5, 5.41) is 0. The van der Waals surface area contributed by atoms with Crippen LogP contribution in [0.25, 0.3) is 0 Å². The predicted octanol–water partition coefficient (Wildman–Crippen LogP) is 4.93. The zero-order chi connectivity index (χ0) is 12.7. The van der Waals surface area contributed by atoms with Crippen LogP contribution >= 0.6 is 20.1 Å². The van der Waals surface area contributed by atoms with Gasteiger partial charge in [-0.2, -0.15) is 0 Å². The van der Waals surface area contributed by atoms with Gasteiger partial charge in [-0.15, -0.1) is 0 Å². The second kappa shape index (κ2) is 7.71. The van der Waals surface area contributed by atoms with Crippen LogP contribution in [0.15, 0.2) is 48.4 Å². The van der Waals surface area contributed by atoms with Crippen molar-refractivity contribution < 1.29 is 0 Å². The van der Waals surface area contributed by atoms with Crippen LogP contribution in [0.2, 0.25) is 0 Å². The molecule has 0 aromatic carbocycles. The van der Waals surface area contributed by atoms with Crippen molar-refractivity contribution in [3.05, 3.63) is 48.4 Å². The molecule has 0 bridgehead atoms. The molecule has 0 aromatic rings. The zero-order valence-corrected chi connectivity index (χ0v) is 13.3. The fourth-order valence-corrected chi connectivity index (χ4v) is 4.72. The summed E-state index contributed by atoms with van der Waals surface area (Å²) in [6.45, 7) is 16.7. The first kappa shape index (κ1) is 15.5. The van der Waals surface area contributed by atoms with Gasteiger partial charge in [0.25, 0.3) is 0 Å².